The van der Waals surface area contributed by atoms with Gasteiger partial charge in [0.1, 0.15) is 5.69 Å². The van der Waals surface area contributed by atoms with E-state index in [4.69, 9.17) is 5.26 Å². The van der Waals surface area contributed by atoms with Gasteiger partial charge in [0.2, 0.25) is 0 Å². The zero-order valence-corrected chi connectivity index (χ0v) is 12.8. The van der Waals surface area contributed by atoms with Crippen molar-refractivity contribution < 1.29 is 9.59 Å². The number of carbonyl (C=O) groups excluding carboxylic acids is 2. The highest BCUT2D eigenvalue weighted by molar-refractivity contribution is 5.99. The van der Waals surface area contributed by atoms with Crippen molar-refractivity contribution >= 4 is 11.7 Å². The molecule has 1 aromatic heterocycles. The van der Waals surface area contributed by atoms with Crippen LogP contribution >= 0.6 is 0 Å². The average molecular weight is 295 g/mol. The quantitative estimate of drug-likeness (QED) is 0.813. The number of nitrogens with zero attached hydrogens (tertiary/aromatic N) is 3. The van der Waals surface area contributed by atoms with E-state index in [2.05, 4.69) is 6.07 Å². The smallest absolute Gasteiger partial charge is 0.270 e. The van der Waals surface area contributed by atoms with Gasteiger partial charge in [0.15, 0.2) is 5.78 Å². The molecule has 0 aliphatic rings. The number of amides is 1. The van der Waals surface area contributed by atoms with Gasteiger partial charge in [0.25, 0.3) is 5.91 Å². The molecule has 5 nitrogen and oxygen atoms in total. The van der Waals surface area contributed by atoms with Crippen LogP contribution in [0.5, 0.6) is 0 Å². The molecule has 0 aliphatic carbocycles. The largest absolute Gasteiger partial charge is 0.346 e. The molecule has 2 aromatic rings. The molecule has 0 spiro atoms. The summed E-state index contributed by atoms with van der Waals surface area (Å²) >= 11 is 0. The van der Waals surface area contributed by atoms with E-state index in [0.717, 1.165) is 5.56 Å². The fourth-order valence-corrected chi connectivity index (χ4v) is 2.25. The van der Waals surface area contributed by atoms with Gasteiger partial charge in [-0.3, -0.25) is 9.59 Å². The van der Waals surface area contributed by atoms with Crippen molar-refractivity contribution in [3.05, 3.63) is 58.9 Å². The lowest BCUT2D eigenvalue weighted by Crippen LogP contribution is -2.27. The highest BCUT2D eigenvalue weighted by Gasteiger charge is 2.17. The molecule has 5 heteroatoms. The van der Waals surface area contributed by atoms with Crippen LogP contribution in [-0.2, 0) is 13.6 Å². The van der Waals surface area contributed by atoms with Crippen LogP contribution in [0.25, 0.3) is 0 Å². The molecule has 1 aromatic carbocycles. The molecule has 0 fully saturated rings. The number of hydrogen-bond donors (Lipinski definition) is 0. The summed E-state index contributed by atoms with van der Waals surface area (Å²) in [6.45, 7) is 1.87. The van der Waals surface area contributed by atoms with E-state index in [9.17, 15) is 9.59 Å². The van der Waals surface area contributed by atoms with Crippen LogP contribution in [0, 0.1) is 11.3 Å². The first-order valence-electron chi connectivity index (χ1n) is 6.84. The van der Waals surface area contributed by atoms with E-state index >= 15 is 0 Å². The minimum Gasteiger partial charge on any atom is -0.346 e. The van der Waals surface area contributed by atoms with Gasteiger partial charge in [0, 0.05) is 32.4 Å². The summed E-state index contributed by atoms with van der Waals surface area (Å²) in [7, 11) is 3.44. The molecule has 1 heterocycles. The van der Waals surface area contributed by atoms with Gasteiger partial charge < -0.3 is 9.47 Å². The Bertz CT molecular complexity index is 768. The third kappa shape index (κ3) is 3.23. The molecule has 0 radical (unpaired) electrons. The zero-order valence-electron chi connectivity index (χ0n) is 12.8. The number of Topliss-reactive ketones (excluding diaryl/α,β-unsaturated/α-hetero) is 1. The molecule has 0 aliphatic heterocycles. The maximum atomic E-state index is 12.5. The van der Waals surface area contributed by atoms with Gasteiger partial charge in [-0.15, -0.1) is 0 Å². The van der Waals surface area contributed by atoms with Gasteiger partial charge in [-0.2, -0.15) is 5.26 Å². The molecule has 0 bridgehead atoms. The van der Waals surface area contributed by atoms with Crippen LogP contribution in [0.3, 0.4) is 0 Å². The molecule has 0 unspecified atom stereocenters. The monoisotopic (exact) mass is 295 g/mol. The van der Waals surface area contributed by atoms with Gasteiger partial charge in [-0.25, -0.2) is 0 Å². The van der Waals surface area contributed by atoms with Crippen LogP contribution in [0.4, 0.5) is 0 Å². The number of ketones is 1. The van der Waals surface area contributed by atoms with Crippen molar-refractivity contribution in [2.45, 2.75) is 13.5 Å². The third-order valence-electron chi connectivity index (χ3n) is 3.45. The van der Waals surface area contributed by atoms with E-state index in [-0.39, 0.29) is 11.7 Å². The normalized spacial score (nSPS) is 10.1. The van der Waals surface area contributed by atoms with Crippen molar-refractivity contribution in [2.24, 2.45) is 7.05 Å². The lowest BCUT2D eigenvalue weighted by atomic mass is 10.1. The first-order valence-corrected chi connectivity index (χ1v) is 6.84. The fraction of sp³-hybridized carbons (Fsp3) is 0.235. The highest BCUT2D eigenvalue weighted by Crippen LogP contribution is 2.13. The van der Waals surface area contributed by atoms with Crippen LogP contribution in [0.2, 0.25) is 0 Å². The van der Waals surface area contributed by atoms with Gasteiger partial charge >= 0.3 is 0 Å². The Labute approximate surface area is 129 Å². The first kappa shape index (κ1) is 15.5. The summed E-state index contributed by atoms with van der Waals surface area (Å²) in [4.78, 5) is 25.5. The second-order valence-corrected chi connectivity index (χ2v) is 5.25. The van der Waals surface area contributed by atoms with Crippen molar-refractivity contribution in [2.75, 3.05) is 7.05 Å². The Morgan fingerprint density at radius 1 is 1.32 bits per heavy atom. The second-order valence-electron chi connectivity index (χ2n) is 5.25. The molecule has 0 saturated carbocycles. The van der Waals surface area contributed by atoms with Crippen molar-refractivity contribution in [3.63, 3.8) is 0 Å². The number of rotatable bonds is 4. The number of aryl methyl sites for hydroxylation is 1. The fourth-order valence-electron chi connectivity index (χ4n) is 2.25. The SMILES string of the molecule is CC(=O)c1cc(C(=O)N(C)Cc2cccc(C#N)c2)n(C)c1. The molecule has 0 saturated heterocycles. The lowest BCUT2D eigenvalue weighted by molar-refractivity contribution is 0.0775. The molecule has 112 valence electrons. The number of aromatic nitrogens is 1. The Kier molecular flexibility index (Phi) is 4.42. The Morgan fingerprint density at radius 3 is 2.64 bits per heavy atom. The van der Waals surface area contributed by atoms with Crippen LogP contribution in [-0.4, -0.2) is 28.2 Å². The Morgan fingerprint density at radius 2 is 2.05 bits per heavy atom. The first-order chi connectivity index (χ1) is 10.4. The number of nitriles is 1. The maximum absolute atomic E-state index is 12.5. The predicted molar refractivity (Wildman–Crippen MR) is 82.4 cm³/mol. The summed E-state index contributed by atoms with van der Waals surface area (Å²) in [6.07, 6.45) is 1.65. The average Bonchev–Trinajstić information content (AvgIpc) is 2.88. The number of benzene rings is 1. The molecule has 22 heavy (non-hydrogen) atoms. The summed E-state index contributed by atoms with van der Waals surface area (Å²) < 4.78 is 1.65. The van der Waals surface area contributed by atoms with Gasteiger partial charge in [0.05, 0.1) is 11.6 Å². The number of carbonyl (C=O) groups is 2. The van der Waals surface area contributed by atoms with Crippen molar-refractivity contribution in [1.82, 2.24) is 9.47 Å². The molecule has 2 rings (SSSR count). The number of hydrogen-bond acceptors (Lipinski definition) is 3. The van der Waals surface area contributed by atoms with E-state index in [0.29, 0.717) is 23.4 Å². The van der Waals surface area contributed by atoms with E-state index < -0.39 is 0 Å². The standard InChI is InChI=1S/C17H17N3O2/c1-12(21)15-8-16(19(2)11-15)17(22)20(3)10-14-6-4-5-13(7-14)9-18/h4-8,11H,10H2,1-3H3. The summed E-state index contributed by atoms with van der Waals surface area (Å²) in [5.74, 6) is -0.239. The van der Waals surface area contributed by atoms with Crippen molar-refractivity contribution in [3.8, 4) is 6.07 Å². The van der Waals surface area contributed by atoms with E-state index in [1.807, 2.05) is 6.07 Å². The van der Waals surface area contributed by atoms with E-state index in [1.54, 1.807) is 54.0 Å². The maximum Gasteiger partial charge on any atom is 0.270 e. The molecule has 0 atom stereocenters. The molecule has 1 amide bonds. The summed E-state index contributed by atoms with van der Waals surface area (Å²) in [5.41, 5.74) is 2.43. The van der Waals surface area contributed by atoms with Crippen LogP contribution < -0.4 is 0 Å². The highest BCUT2D eigenvalue weighted by atomic mass is 16.2. The lowest BCUT2D eigenvalue weighted by Gasteiger charge is -2.17. The minimum absolute atomic E-state index is 0.0703. The van der Waals surface area contributed by atoms with Crippen LogP contribution in [0.1, 0.15) is 38.9 Å². The summed E-state index contributed by atoms with van der Waals surface area (Å²) in [5, 5.41) is 8.91. The second kappa shape index (κ2) is 6.27. The zero-order chi connectivity index (χ0) is 16.3. The topological polar surface area (TPSA) is 66.1 Å². The predicted octanol–water partition coefficient (Wildman–Crippen LogP) is 2.37. The third-order valence-corrected chi connectivity index (χ3v) is 3.45. The molecule has 0 N–H and O–H groups in total. The molecular weight excluding hydrogens is 278 g/mol. The Hall–Kier alpha value is -2.87. The van der Waals surface area contributed by atoms with Gasteiger partial charge in [-0.05, 0) is 30.7 Å². The molecular formula is C17H17N3O2. The van der Waals surface area contributed by atoms with Crippen LogP contribution in [0.15, 0.2) is 36.5 Å². The summed E-state index contributed by atoms with van der Waals surface area (Å²) in [6, 6.07) is 10.8. The van der Waals surface area contributed by atoms with E-state index in [1.165, 1.54) is 6.92 Å². The Balaban J connectivity index is 2.18. The minimum atomic E-state index is -0.169. The van der Waals surface area contributed by atoms with Gasteiger partial charge in [-0.1, -0.05) is 12.1 Å². The van der Waals surface area contributed by atoms with Crippen molar-refractivity contribution in [1.29, 1.82) is 5.26 Å².